The van der Waals surface area contributed by atoms with E-state index in [4.69, 9.17) is 0 Å². The van der Waals surface area contributed by atoms with Crippen molar-refractivity contribution in [2.75, 3.05) is 34.0 Å². The molecule has 0 aliphatic carbocycles. The molecule has 0 saturated heterocycles. The number of aromatic nitrogens is 6. The number of benzene rings is 1. The van der Waals surface area contributed by atoms with Crippen molar-refractivity contribution in [1.29, 1.82) is 0 Å². The molecule has 3 aromatic rings. The molecule has 0 aliphatic rings. The van der Waals surface area contributed by atoms with E-state index in [1.165, 1.54) is 6.21 Å². The fraction of sp³-hybridized carbons (Fsp3) is 0.188. The Hall–Kier alpha value is -1.95. The summed E-state index contributed by atoms with van der Waals surface area (Å²) in [5.74, 6) is -0.779. The van der Waals surface area contributed by atoms with Gasteiger partial charge in [-0.15, -0.1) is 0 Å². The van der Waals surface area contributed by atoms with Crippen molar-refractivity contribution >= 4 is 63.5 Å². The second-order valence-electron chi connectivity index (χ2n) is 6.38. The molecule has 0 bridgehead atoms. The third-order valence-electron chi connectivity index (χ3n) is 3.76. The van der Waals surface area contributed by atoms with Gasteiger partial charge in [0.15, 0.2) is 0 Å². The van der Waals surface area contributed by atoms with E-state index >= 15 is 0 Å². The molecule has 0 saturated carbocycles. The molecule has 192 valence electrons. The Labute approximate surface area is 262 Å². The first-order valence-electron chi connectivity index (χ1n) is 9.59. The Morgan fingerprint density at radius 1 is 0.974 bits per heavy atom. The quantitative estimate of drug-likeness (QED) is 0.0237. The van der Waals surface area contributed by atoms with E-state index in [0.717, 1.165) is 0 Å². The molecule has 18 nitrogen and oxygen atoms in total. The summed E-state index contributed by atoms with van der Waals surface area (Å²) < 4.78 is 36.1. The van der Waals surface area contributed by atoms with Gasteiger partial charge in [0.25, 0.3) is 5.95 Å². The second-order valence-corrected chi connectivity index (χ2v) is 8.61. The average molecular weight is 586 g/mol. The number of nitrogens with zero attached hydrogens (tertiary/aromatic N) is 5. The van der Waals surface area contributed by atoms with Gasteiger partial charge in [0.2, 0.25) is 17.8 Å². The molecule has 0 atom stereocenters. The number of aliphatic imine (C=N–C) groups is 1. The molecule has 0 spiro atoms. The zero-order valence-corrected chi connectivity index (χ0v) is 25.5. The maximum absolute atomic E-state index is 11.8. The number of H-pyrrole nitrogens is 2. The molecule has 0 fully saturated rings. The van der Waals surface area contributed by atoms with Crippen molar-refractivity contribution in [3.63, 3.8) is 0 Å². The van der Waals surface area contributed by atoms with Gasteiger partial charge in [0.1, 0.15) is 0 Å². The molecule has 0 radical (unpaired) electrons. The van der Waals surface area contributed by atoms with Crippen LogP contribution in [0, 0.1) is 0 Å². The van der Waals surface area contributed by atoms with Crippen molar-refractivity contribution in [2.45, 2.75) is 0 Å². The number of anilines is 5. The van der Waals surface area contributed by atoms with Crippen LogP contribution in [0.25, 0.3) is 0 Å². The molecule has 38 heavy (non-hydrogen) atoms. The van der Waals surface area contributed by atoms with E-state index in [2.05, 4.69) is 60.2 Å². The van der Waals surface area contributed by atoms with Gasteiger partial charge < -0.3 is 25.8 Å². The van der Waals surface area contributed by atoms with Crippen molar-refractivity contribution < 1.29 is 86.7 Å². The van der Waals surface area contributed by atoms with Gasteiger partial charge in [-0.05, 0) is 24.3 Å². The standard InChI is InChI=1S/C16H18N10O8S2.2Na/c27-15-23-11(17-5-7-35-34-33-29)21-13(25-15)19-9-1-3-10(4-2-9)20-14-22-12(24-16(28)26-14)18-6-8-36(30,31)32;;/h1-5,29H,6-8H2,(H,30,31,32)(H2,19,21,23,25,27)(H3,18,20,22,24,26,28);;/q;2*+1/p-2/b17-5-;;. The zero-order chi connectivity index (χ0) is 26.0. The van der Waals surface area contributed by atoms with Crippen LogP contribution in [0.3, 0.4) is 0 Å². The zero-order valence-electron chi connectivity index (χ0n) is 19.8. The van der Waals surface area contributed by atoms with E-state index in [0.29, 0.717) is 23.4 Å². The van der Waals surface area contributed by atoms with Gasteiger partial charge in [-0.25, -0.2) is 23.0 Å². The van der Waals surface area contributed by atoms with Crippen LogP contribution in [0.2, 0.25) is 0 Å². The van der Waals surface area contributed by atoms with E-state index < -0.39 is 27.3 Å². The third kappa shape index (κ3) is 12.7. The summed E-state index contributed by atoms with van der Waals surface area (Å²) in [5.41, 5.74) is -0.422. The monoisotopic (exact) mass is 586 g/mol. The number of aromatic amines is 2. The first-order valence-corrected chi connectivity index (χ1v) is 12.1. The minimum Gasteiger partial charge on any atom is -0.748 e. The van der Waals surface area contributed by atoms with Crippen LogP contribution < -0.4 is 91.7 Å². The van der Waals surface area contributed by atoms with E-state index in [1.807, 2.05) is 0 Å². The molecular weight excluding hydrogens is 570 g/mol. The number of hydrogen-bond acceptors (Lipinski definition) is 17. The SMILES string of the molecule is O=c1nc(/N=C\CSOO[O-])nc(Nc2ccc(Nc3nc(NCCS(=O)(=O)[O-])nc(=O)[nH]3)cc2)[nH]1.[Na+].[Na+]. The molecular formula is C16H16N10Na2O8S2. The molecule has 1 aromatic carbocycles. The molecule has 0 unspecified atom stereocenters. The van der Waals surface area contributed by atoms with Gasteiger partial charge in [-0.1, -0.05) is 0 Å². The van der Waals surface area contributed by atoms with Crippen LogP contribution in [0.1, 0.15) is 0 Å². The minimum atomic E-state index is -4.43. The molecule has 2 heterocycles. The van der Waals surface area contributed by atoms with Crippen LogP contribution >= 0.6 is 12.0 Å². The first kappa shape index (κ1) is 34.1. The average Bonchev–Trinajstić information content (AvgIpc) is 2.79. The molecule has 22 heteroatoms. The van der Waals surface area contributed by atoms with Crippen LogP contribution in [0.15, 0.2) is 38.8 Å². The summed E-state index contributed by atoms with van der Waals surface area (Å²) in [6.45, 7) is -0.267. The smallest absolute Gasteiger partial charge is 0.748 e. The van der Waals surface area contributed by atoms with E-state index in [9.17, 15) is 27.8 Å². The normalized spacial score (nSPS) is 10.9. The second kappa shape index (κ2) is 16.9. The maximum atomic E-state index is 11.8. The maximum Gasteiger partial charge on any atom is 1.00 e. The Bertz CT molecular complexity index is 1420. The van der Waals surface area contributed by atoms with Crippen molar-refractivity contribution in [1.82, 2.24) is 29.9 Å². The van der Waals surface area contributed by atoms with Crippen LogP contribution in [0.5, 0.6) is 0 Å². The topological polar surface area (TPSA) is 264 Å². The summed E-state index contributed by atoms with van der Waals surface area (Å²) in [4.78, 5) is 47.3. The number of nitrogens with one attached hydrogen (secondary N) is 5. The van der Waals surface area contributed by atoms with E-state index in [1.54, 1.807) is 24.3 Å². The summed E-state index contributed by atoms with van der Waals surface area (Å²) >= 11 is 0.680. The van der Waals surface area contributed by atoms with Gasteiger partial charge in [-0.2, -0.15) is 24.3 Å². The summed E-state index contributed by atoms with van der Waals surface area (Å²) in [7, 11) is -4.43. The van der Waals surface area contributed by atoms with Gasteiger partial charge in [0.05, 0.1) is 21.6 Å². The van der Waals surface area contributed by atoms with Crippen molar-refractivity contribution in [3.8, 4) is 0 Å². The Morgan fingerprint density at radius 3 is 2.13 bits per heavy atom. The van der Waals surface area contributed by atoms with Gasteiger partial charge in [0, 0.05) is 36.2 Å². The largest absolute Gasteiger partial charge is 1.00 e. The van der Waals surface area contributed by atoms with Gasteiger partial charge >= 0.3 is 70.5 Å². The fourth-order valence-corrected chi connectivity index (χ4v) is 2.99. The summed E-state index contributed by atoms with van der Waals surface area (Å²) in [6, 6.07) is 6.49. The Balaban J connectivity index is 0.00000361. The number of rotatable bonds is 13. The van der Waals surface area contributed by atoms with Gasteiger partial charge in [-0.3, -0.25) is 15.0 Å². The first-order chi connectivity index (χ1) is 17.2. The molecule has 2 aromatic heterocycles. The van der Waals surface area contributed by atoms with Crippen LogP contribution in [0.4, 0.5) is 35.2 Å². The fourth-order valence-electron chi connectivity index (χ4n) is 2.41. The molecule has 0 aliphatic heterocycles. The predicted molar refractivity (Wildman–Crippen MR) is 124 cm³/mol. The summed E-state index contributed by atoms with van der Waals surface area (Å²) in [6.07, 6.45) is 1.31. The molecule has 0 amide bonds. The van der Waals surface area contributed by atoms with Crippen LogP contribution in [-0.4, -0.2) is 67.1 Å². The molecule has 5 N–H and O–H groups in total. The Morgan fingerprint density at radius 2 is 1.55 bits per heavy atom. The Kier molecular flexibility index (Phi) is 15.1. The minimum absolute atomic E-state index is 0. The van der Waals surface area contributed by atoms with E-state index in [-0.39, 0.29) is 95.2 Å². The number of hydrogen-bond donors (Lipinski definition) is 5. The van der Waals surface area contributed by atoms with Crippen molar-refractivity contribution in [2.24, 2.45) is 4.99 Å². The van der Waals surface area contributed by atoms with Crippen molar-refractivity contribution in [3.05, 3.63) is 45.2 Å². The summed E-state index contributed by atoms with van der Waals surface area (Å²) in [5, 5.41) is 21.1. The third-order valence-corrected chi connectivity index (χ3v) is 4.90. The predicted octanol–water partition coefficient (Wildman–Crippen LogP) is -7.33. The molecule has 3 rings (SSSR count). The van der Waals surface area contributed by atoms with Crippen LogP contribution in [-0.2, 0) is 19.5 Å².